The van der Waals surface area contributed by atoms with Crippen molar-refractivity contribution in [1.29, 1.82) is 0 Å². The van der Waals surface area contributed by atoms with Crippen molar-refractivity contribution in [2.75, 3.05) is 20.3 Å². The lowest BCUT2D eigenvalue weighted by molar-refractivity contribution is -0.128. The van der Waals surface area contributed by atoms with Gasteiger partial charge in [0.1, 0.15) is 0 Å². The summed E-state index contributed by atoms with van der Waals surface area (Å²) in [5.74, 6) is 1.22. The standard InChI is InChI=1S/C15H18N4O3/c1-21-6-4-13-17-15(22-18-13)12-7-14(20)19(10-12)9-11-3-2-5-16-8-11/h2-3,5,8,12H,4,6-7,9-10H2,1H3/t12-/m1/s1. The summed E-state index contributed by atoms with van der Waals surface area (Å²) in [6.07, 6.45) is 4.51. The van der Waals surface area contributed by atoms with E-state index in [0.717, 1.165) is 5.56 Å². The Kier molecular flexibility index (Phi) is 4.43. The van der Waals surface area contributed by atoms with Crippen molar-refractivity contribution in [3.05, 3.63) is 41.8 Å². The topological polar surface area (TPSA) is 81.4 Å². The van der Waals surface area contributed by atoms with E-state index in [2.05, 4.69) is 15.1 Å². The van der Waals surface area contributed by atoms with Gasteiger partial charge in [0.2, 0.25) is 11.8 Å². The van der Waals surface area contributed by atoms with Crippen LogP contribution in [0, 0.1) is 0 Å². The van der Waals surface area contributed by atoms with Gasteiger partial charge in [0, 0.05) is 45.4 Å². The second-order valence-corrected chi connectivity index (χ2v) is 5.33. The van der Waals surface area contributed by atoms with Gasteiger partial charge in [-0.1, -0.05) is 11.2 Å². The number of methoxy groups -OCH3 is 1. The van der Waals surface area contributed by atoms with Gasteiger partial charge in [0.15, 0.2) is 5.82 Å². The maximum absolute atomic E-state index is 12.1. The molecule has 0 bridgehead atoms. The van der Waals surface area contributed by atoms with Crippen LogP contribution < -0.4 is 0 Å². The minimum absolute atomic E-state index is 0.0343. The van der Waals surface area contributed by atoms with Gasteiger partial charge < -0.3 is 14.2 Å². The van der Waals surface area contributed by atoms with Crippen molar-refractivity contribution < 1.29 is 14.1 Å². The highest BCUT2D eigenvalue weighted by Gasteiger charge is 2.34. The molecule has 0 N–H and O–H groups in total. The van der Waals surface area contributed by atoms with Crippen LogP contribution in [0.1, 0.15) is 29.6 Å². The van der Waals surface area contributed by atoms with E-state index in [0.29, 0.717) is 44.3 Å². The summed E-state index contributed by atoms with van der Waals surface area (Å²) < 4.78 is 10.3. The number of carbonyl (C=O) groups excluding carboxylic acids is 1. The van der Waals surface area contributed by atoms with E-state index in [4.69, 9.17) is 9.26 Å². The minimum atomic E-state index is -0.0343. The van der Waals surface area contributed by atoms with Crippen LogP contribution in [0.3, 0.4) is 0 Å². The number of carbonyl (C=O) groups is 1. The summed E-state index contributed by atoms with van der Waals surface area (Å²) in [5.41, 5.74) is 1.02. The second-order valence-electron chi connectivity index (χ2n) is 5.33. The van der Waals surface area contributed by atoms with Crippen molar-refractivity contribution in [2.24, 2.45) is 0 Å². The Bertz CT molecular complexity index is 629. The number of aromatic nitrogens is 3. The minimum Gasteiger partial charge on any atom is -0.384 e. The lowest BCUT2D eigenvalue weighted by Gasteiger charge is -2.15. The van der Waals surface area contributed by atoms with Crippen LogP contribution in [-0.4, -0.2) is 46.2 Å². The number of hydrogen-bond donors (Lipinski definition) is 0. The van der Waals surface area contributed by atoms with Crippen LogP contribution in [0.2, 0.25) is 0 Å². The first-order chi connectivity index (χ1) is 10.8. The van der Waals surface area contributed by atoms with Crippen LogP contribution in [0.4, 0.5) is 0 Å². The Hall–Kier alpha value is -2.28. The Morgan fingerprint density at radius 1 is 1.50 bits per heavy atom. The summed E-state index contributed by atoms with van der Waals surface area (Å²) in [6.45, 7) is 1.71. The Morgan fingerprint density at radius 2 is 2.41 bits per heavy atom. The number of ether oxygens (including phenoxy) is 1. The van der Waals surface area contributed by atoms with Gasteiger partial charge in [-0.25, -0.2) is 0 Å². The first-order valence-corrected chi connectivity index (χ1v) is 7.24. The molecule has 22 heavy (non-hydrogen) atoms. The fourth-order valence-corrected chi connectivity index (χ4v) is 2.53. The molecule has 3 heterocycles. The molecular formula is C15H18N4O3. The zero-order chi connectivity index (χ0) is 15.4. The molecule has 1 saturated heterocycles. The van der Waals surface area contributed by atoms with Crippen molar-refractivity contribution in [3.63, 3.8) is 0 Å². The summed E-state index contributed by atoms with van der Waals surface area (Å²) >= 11 is 0. The number of amides is 1. The van der Waals surface area contributed by atoms with Gasteiger partial charge in [-0.3, -0.25) is 9.78 Å². The molecule has 0 aromatic carbocycles. The molecule has 7 nitrogen and oxygen atoms in total. The number of likely N-dealkylation sites (tertiary alicyclic amines) is 1. The Morgan fingerprint density at radius 3 is 3.18 bits per heavy atom. The highest BCUT2D eigenvalue weighted by Crippen LogP contribution is 2.28. The van der Waals surface area contributed by atoms with Gasteiger partial charge in [-0.2, -0.15) is 4.98 Å². The normalized spacial score (nSPS) is 18.1. The molecule has 0 radical (unpaired) electrons. The van der Waals surface area contributed by atoms with E-state index < -0.39 is 0 Å². The van der Waals surface area contributed by atoms with Gasteiger partial charge in [0.05, 0.1) is 12.5 Å². The van der Waals surface area contributed by atoms with Crippen LogP contribution in [0.5, 0.6) is 0 Å². The van der Waals surface area contributed by atoms with E-state index in [1.54, 1.807) is 24.4 Å². The number of pyridine rings is 1. The fraction of sp³-hybridized carbons (Fsp3) is 0.467. The molecule has 116 valence electrons. The van der Waals surface area contributed by atoms with E-state index in [-0.39, 0.29) is 11.8 Å². The molecule has 1 aliphatic rings. The van der Waals surface area contributed by atoms with Gasteiger partial charge in [0.25, 0.3) is 0 Å². The van der Waals surface area contributed by atoms with Crippen LogP contribution in [0.15, 0.2) is 29.0 Å². The molecule has 0 unspecified atom stereocenters. The molecule has 3 rings (SSSR count). The lowest BCUT2D eigenvalue weighted by atomic mass is 10.1. The Labute approximate surface area is 128 Å². The molecule has 0 saturated carbocycles. The van der Waals surface area contributed by atoms with Crippen LogP contribution >= 0.6 is 0 Å². The summed E-state index contributed by atoms with van der Waals surface area (Å²) in [4.78, 5) is 22.4. The number of rotatable bonds is 6. The zero-order valence-electron chi connectivity index (χ0n) is 12.4. The predicted molar refractivity (Wildman–Crippen MR) is 76.9 cm³/mol. The molecule has 1 aliphatic heterocycles. The average Bonchev–Trinajstić information content (AvgIpc) is 3.14. The maximum Gasteiger partial charge on any atom is 0.232 e. The lowest BCUT2D eigenvalue weighted by Crippen LogP contribution is -2.24. The maximum atomic E-state index is 12.1. The fourth-order valence-electron chi connectivity index (χ4n) is 2.53. The van der Waals surface area contributed by atoms with Crippen molar-refractivity contribution in [1.82, 2.24) is 20.0 Å². The largest absolute Gasteiger partial charge is 0.384 e. The molecule has 7 heteroatoms. The van der Waals surface area contributed by atoms with Crippen molar-refractivity contribution in [2.45, 2.75) is 25.3 Å². The molecule has 0 spiro atoms. The monoisotopic (exact) mass is 302 g/mol. The smallest absolute Gasteiger partial charge is 0.232 e. The summed E-state index contributed by atoms with van der Waals surface area (Å²) in [6, 6.07) is 3.83. The van der Waals surface area contributed by atoms with Crippen LogP contribution in [-0.2, 0) is 22.5 Å². The van der Waals surface area contributed by atoms with Gasteiger partial charge in [-0.05, 0) is 11.6 Å². The third-order valence-corrected chi connectivity index (χ3v) is 3.67. The van der Waals surface area contributed by atoms with Crippen molar-refractivity contribution in [3.8, 4) is 0 Å². The van der Waals surface area contributed by atoms with Crippen LogP contribution in [0.25, 0.3) is 0 Å². The Balaban J connectivity index is 1.63. The predicted octanol–water partition coefficient (Wildman–Crippen LogP) is 1.17. The molecule has 1 fully saturated rings. The van der Waals surface area contributed by atoms with E-state index in [1.165, 1.54) is 0 Å². The van der Waals surface area contributed by atoms with E-state index in [1.807, 2.05) is 12.1 Å². The van der Waals surface area contributed by atoms with E-state index >= 15 is 0 Å². The first-order valence-electron chi connectivity index (χ1n) is 7.24. The average molecular weight is 302 g/mol. The SMILES string of the molecule is COCCc1noc([C@@H]2CC(=O)N(Cc3cccnc3)C2)n1. The quantitative estimate of drug-likeness (QED) is 0.796. The highest BCUT2D eigenvalue weighted by molar-refractivity contribution is 5.79. The molecule has 1 atom stereocenters. The first kappa shape index (κ1) is 14.6. The number of hydrogen-bond acceptors (Lipinski definition) is 6. The highest BCUT2D eigenvalue weighted by atomic mass is 16.5. The zero-order valence-corrected chi connectivity index (χ0v) is 12.4. The summed E-state index contributed by atoms with van der Waals surface area (Å²) in [7, 11) is 1.63. The molecular weight excluding hydrogens is 284 g/mol. The number of nitrogens with zero attached hydrogens (tertiary/aromatic N) is 4. The third-order valence-electron chi connectivity index (χ3n) is 3.67. The molecule has 2 aromatic rings. The molecule has 2 aromatic heterocycles. The summed E-state index contributed by atoms with van der Waals surface area (Å²) in [5, 5.41) is 3.93. The van der Waals surface area contributed by atoms with E-state index in [9.17, 15) is 4.79 Å². The van der Waals surface area contributed by atoms with Gasteiger partial charge >= 0.3 is 0 Å². The van der Waals surface area contributed by atoms with Gasteiger partial charge in [-0.15, -0.1) is 0 Å². The second kappa shape index (κ2) is 6.65. The third kappa shape index (κ3) is 3.30. The molecule has 0 aliphatic carbocycles. The van der Waals surface area contributed by atoms with Crippen molar-refractivity contribution >= 4 is 5.91 Å². The molecule has 1 amide bonds.